The first kappa shape index (κ1) is 22.9. The third-order valence-corrected chi connectivity index (χ3v) is 5.95. The number of rotatable bonds is 9. The largest absolute Gasteiger partial charge is 0.497 e. The molecule has 0 unspecified atom stereocenters. The van der Waals surface area contributed by atoms with Crippen LogP contribution in [0.1, 0.15) is 38.4 Å². The summed E-state index contributed by atoms with van der Waals surface area (Å²) in [7, 11) is 3.28. The van der Waals surface area contributed by atoms with Crippen LogP contribution in [-0.2, 0) is 19.6 Å². The summed E-state index contributed by atoms with van der Waals surface area (Å²) in [5.74, 6) is 0.655. The molecular weight excluding hydrogens is 460 g/mol. The summed E-state index contributed by atoms with van der Waals surface area (Å²) >= 11 is 3.49. The van der Waals surface area contributed by atoms with E-state index in [9.17, 15) is 9.90 Å². The van der Waals surface area contributed by atoms with Crippen LogP contribution < -0.4 is 14.8 Å². The number of ether oxygens (including phenoxy) is 2. The van der Waals surface area contributed by atoms with E-state index in [1.54, 1.807) is 14.2 Å². The quantitative estimate of drug-likeness (QED) is 0.448. The molecule has 0 saturated carbocycles. The fourth-order valence-corrected chi connectivity index (χ4v) is 4.26. The van der Waals surface area contributed by atoms with Crippen LogP contribution in [0.25, 0.3) is 0 Å². The lowest BCUT2D eigenvalue weighted by Gasteiger charge is -2.12. The molecule has 0 bridgehead atoms. The van der Waals surface area contributed by atoms with Gasteiger partial charge >= 0.3 is 5.97 Å². The number of benzene rings is 2. The van der Waals surface area contributed by atoms with E-state index in [-0.39, 0.29) is 0 Å². The molecule has 3 rings (SSSR count). The Morgan fingerprint density at radius 2 is 1.84 bits per heavy atom. The minimum absolute atomic E-state index is 0.356. The van der Waals surface area contributed by atoms with Crippen molar-refractivity contribution in [3.8, 4) is 11.5 Å². The molecule has 0 aliphatic carbocycles. The normalized spacial score (nSPS) is 10.9. The predicted molar refractivity (Wildman–Crippen MR) is 124 cm³/mol. The predicted octanol–water partition coefficient (Wildman–Crippen LogP) is 4.92. The van der Waals surface area contributed by atoms with E-state index < -0.39 is 5.97 Å². The maximum absolute atomic E-state index is 12.1. The lowest BCUT2D eigenvalue weighted by molar-refractivity contribution is 0.0694. The molecule has 0 saturated heterocycles. The average molecular weight is 487 g/mol. The highest BCUT2D eigenvalue weighted by molar-refractivity contribution is 9.10. The zero-order valence-electron chi connectivity index (χ0n) is 18.2. The Labute approximate surface area is 190 Å². The summed E-state index contributed by atoms with van der Waals surface area (Å²) in [4.78, 5) is 12.1. The molecular formula is C24H27BrN2O4. The van der Waals surface area contributed by atoms with Gasteiger partial charge in [0.25, 0.3) is 0 Å². The molecule has 0 aliphatic rings. The van der Waals surface area contributed by atoms with Gasteiger partial charge in [0.15, 0.2) is 0 Å². The number of carbonyl (C=O) groups is 1. The number of carboxylic acid groups (broad SMARTS) is 1. The van der Waals surface area contributed by atoms with Gasteiger partial charge in [0.2, 0.25) is 0 Å². The number of hydrogen-bond donors (Lipinski definition) is 2. The maximum Gasteiger partial charge on any atom is 0.337 e. The van der Waals surface area contributed by atoms with E-state index in [0.717, 1.165) is 44.0 Å². The van der Waals surface area contributed by atoms with E-state index in [1.165, 1.54) is 0 Å². The Balaban J connectivity index is 1.85. The minimum atomic E-state index is -0.915. The first-order chi connectivity index (χ1) is 14.8. The molecule has 0 aliphatic heterocycles. The van der Waals surface area contributed by atoms with Gasteiger partial charge in [-0.15, -0.1) is 0 Å². The Morgan fingerprint density at radius 1 is 1.06 bits per heavy atom. The van der Waals surface area contributed by atoms with Crippen molar-refractivity contribution in [1.82, 2.24) is 9.88 Å². The highest BCUT2D eigenvalue weighted by Crippen LogP contribution is 2.26. The number of methoxy groups -OCH3 is 2. The molecule has 6 nitrogen and oxygen atoms in total. The van der Waals surface area contributed by atoms with Gasteiger partial charge in [-0.05, 0) is 49.7 Å². The summed E-state index contributed by atoms with van der Waals surface area (Å²) in [5, 5.41) is 13.3. The van der Waals surface area contributed by atoms with Crippen LogP contribution in [0.3, 0.4) is 0 Å². The summed E-state index contributed by atoms with van der Waals surface area (Å²) in [6, 6.07) is 13.6. The first-order valence-electron chi connectivity index (χ1n) is 9.93. The smallest absolute Gasteiger partial charge is 0.337 e. The molecule has 2 N–H and O–H groups in total. The Kier molecular flexibility index (Phi) is 7.41. The van der Waals surface area contributed by atoms with Gasteiger partial charge in [0.05, 0.1) is 19.8 Å². The summed E-state index contributed by atoms with van der Waals surface area (Å²) in [6.07, 6.45) is 0. The van der Waals surface area contributed by atoms with Crippen LogP contribution in [-0.4, -0.2) is 29.9 Å². The van der Waals surface area contributed by atoms with Crippen LogP contribution in [0.4, 0.5) is 0 Å². The zero-order chi connectivity index (χ0) is 22.5. The second-order valence-electron chi connectivity index (χ2n) is 7.33. The van der Waals surface area contributed by atoms with Crippen molar-refractivity contribution in [3.63, 3.8) is 0 Å². The molecule has 0 spiro atoms. The van der Waals surface area contributed by atoms with Gasteiger partial charge in [-0.2, -0.15) is 0 Å². The summed E-state index contributed by atoms with van der Waals surface area (Å²) < 4.78 is 13.8. The van der Waals surface area contributed by atoms with Gasteiger partial charge < -0.3 is 24.5 Å². The molecule has 31 heavy (non-hydrogen) atoms. The lowest BCUT2D eigenvalue weighted by Crippen LogP contribution is -2.16. The molecule has 164 valence electrons. The summed E-state index contributed by atoms with van der Waals surface area (Å²) in [5.41, 5.74) is 4.88. The van der Waals surface area contributed by atoms with Crippen molar-refractivity contribution in [1.29, 1.82) is 0 Å². The Hall–Kier alpha value is -2.77. The van der Waals surface area contributed by atoms with Crippen molar-refractivity contribution >= 4 is 21.9 Å². The monoisotopic (exact) mass is 486 g/mol. The van der Waals surface area contributed by atoms with E-state index in [2.05, 4.69) is 25.8 Å². The number of halogens is 1. The van der Waals surface area contributed by atoms with Crippen molar-refractivity contribution in [2.45, 2.75) is 33.5 Å². The van der Waals surface area contributed by atoms with Crippen molar-refractivity contribution in [2.24, 2.45) is 0 Å². The third kappa shape index (κ3) is 5.11. The van der Waals surface area contributed by atoms with Crippen molar-refractivity contribution < 1.29 is 19.4 Å². The number of nitrogens with one attached hydrogen (secondary N) is 1. The second-order valence-corrected chi connectivity index (χ2v) is 8.24. The molecule has 0 atom stereocenters. The molecule has 0 fully saturated rings. The third-order valence-electron chi connectivity index (χ3n) is 5.46. The molecule has 3 aromatic rings. The topological polar surface area (TPSA) is 72.7 Å². The number of hydrogen-bond acceptors (Lipinski definition) is 4. The molecule has 7 heteroatoms. The summed E-state index contributed by atoms with van der Waals surface area (Å²) in [6.45, 7) is 5.40. The van der Waals surface area contributed by atoms with Crippen LogP contribution >= 0.6 is 15.9 Å². The fourth-order valence-electron chi connectivity index (χ4n) is 3.85. The van der Waals surface area contributed by atoms with Crippen molar-refractivity contribution in [2.75, 3.05) is 14.2 Å². The van der Waals surface area contributed by atoms with Gasteiger partial charge in [-0.3, -0.25) is 0 Å². The van der Waals surface area contributed by atoms with Crippen LogP contribution in [0, 0.1) is 13.8 Å². The fraction of sp³-hybridized carbons (Fsp3) is 0.292. The van der Waals surface area contributed by atoms with Gasteiger partial charge in [-0.1, -0.05) is 28.1 Å². The van der Waals surface area contributed by atoms with E-state index in [4.69, 9.17) is 9.47 Å². The standard InChI is InChI=1S/C24H27BrN2O4/c1-15-21(13-26-12-18-11-19(25)8-9-22(18)31-4)23(24(28)29)16(2)27(15)14-17-6-5-7-20(10-17)30-3/h5-11,26H,12-14H2,1-4H3,(H,28,29). The molecule has 1 heterocycles. The highest BCUT2D eigenvalue weighted by Gasteiger charge is 2.22. The minimum Gasteiger partial charge on any atom is -0.497 e. The van der Waals surface area contributed by atoms with E-state index in [0.29, 0.717) is 25.2 Å². The Morgan fingerprint density at radius 3 is 2.52 bits per heavy atom. The van der Waals surface area contributed by atoms with Crippen LogP contribution in [0.15, 0.2) is 46.9 Å². The molecule has 1 aromatic heterocycles. The van der Waals surface area contributed by atoms with Crippen LogP contribution in [0.5, 0.6) is 11.5 Å². The van der Waals surface area contributed by atoms with E-state index >= 15 is 0 Å². The lowest BCUT2D eigenvalue weighted by atomic mass is 10.1. The van der Waals surface area contributed by atoms with E-state index in [1.807, 2.05) is 56.3 Å². The number of nitrogens with zero attached hydrogens (tertiary/aromatic N) is 1. The molecule has 0 radical (unpaired) electrons. The van der Waals surface area contributed by atoms with Gasteiger partial charge in [0, 0.05) is 46.6 Å². The molecule has 0 amide bonds. The maximum atomic E-state index is 12.1. The average Bonchev–Trinajstić information content (AvgIpc) is 2.98. The highest BCUT2D eigenvalue weighted by atomic mass is 79.9. The first-order valence-corrected chi connectivity index (χ1v) is 10.7. The Bertz CT molecular complexity index is 1090. The SMILES string of the molecule is COc1cccc(Cn2c(C)c(CNCc3cc(Br)ccc3OC)c(C(=O)O)c2C)c1. The van der Waals surface area contributed by atoms with Gasteiger partial charge in [0.1, 0.15) is 11.5 Å². The number of aromatic nitrogens is 1. The molecule has 2 aromatic carbocycles. The zero-order valence-corrected chi connectivity index (χ0v) is 19.7. The van der Waals surface area contributed by atoms with Crippen LogP contribution in [0.2, 0.25) is 0 Å². The van der Waals surface area contributed by atoms with Crippen molar-refractivity contribution in [3.05, 3.63) is 80.6 Å². The number of carboxylic acids is 1. The second kappa shape index (κ2) is 10.0. The van der Waals surface area contributed by atoms with Gasteiger partial charge in [-0.25, -0.2) is 4.79 Å². The number of aromatic carboxylic acids is 1.